The maximum atomic E-state index is 16.1. The van der Waals surface area contributed by atoms with Crippen LogP contribution in [-0.4, -0.2) is 37.8 Å². The van der Waals surface area contributed by atoms with E-state index in [9.17, 15) is 13.9 Å². The molecule has 0 spiro atoms. The van der Waals surface area contributed by atoms with Gasteiger partial charge in [0.25, 0.3) is 5.92 Å². The van der Waals surface area contributed by atoms with Gasteiger partial charge in [0.05, 0.1) is 13.2 Å². The van der Waals surface area contributed by atoms with E-state index in [1.807, 2.05) is 31.2 Å². The fourth-order valence-corrected chi connectivity index (χ4v) is 5.60. The maximum Gasteiger partial charge on any atom is 0.287 e. The number of nitrogens with zero attached hydrogens (tertiary/aromatic N) is 4. The number of ether oxygens (including phenoxy) is 1. The zero-order chi connectivity index (χ0) is 23.5. The van der Waals surface area contributed by atoms with Gasteiger partial charge < -0.3 is 9.84 Å². The third kappa shape index (κ3) is 3.07. The van der Waals surface area contributed by atoms with Crippen molar-refractivity contribution in [3.05, 3.63) is 71.6 Å². The average molecular weight is 462 g/mol. The highest BCUT2D eigenvalue weighted by Gasteiger charge is 2.82. The number of tetrazole rings is 1. The summed E-state index contributed by atoms with van der Waals surface area (Å²) in [7, 11) is 0. The number of aromatic nitrogens is 4. The van der Waals surface area contributed by atoms with Crippen molar-refractivity contribution in [2.45, 2.75) is 49.7 Å². The first kappa shape index (κ1) is 21.8. The Morgan fingerprint density at radius 1 is 1.09 bits per heavy atom. The molecule has 0 saturated heterocycles. The number of halogens is 4. The number of aliphatic hydroxyl groups is 1. The Morgan fingerprint density at radius 3 is 2.36 bits per heavy atom. The van der Waals surface area contributed by atoms with Crippen LogP contribution in [0.4, 0.5) is 17.6 Å². The van der Waals surface area contributed by atoms with Crippen molar-refractivity contribution in [1.82, 2.24) is 20.2 Å². The summed E-state index contributed by atoms with van der Waals surface area (Å²) in [6.07, 6.45) is 1.48. The van der Waals surface area contributed by atoms with E-state index < -0.39 is 46.1 Å². The Labute approximate surface area is 187 Å². The van der Waals surface area contributed by atoms with E-state index in [2.05, 4.69) is 15.5 Å². The highest BCUT2D eigenvalue weighted by atomic mass is 19.3. The van der Waals surface area contributed by atoms with Gasteiger partial charge in [-0.2, -0.15) is 0 Å². The van der Waals surface area contributed by atoms with Gasteiger partial charge in [-0.1, -0.05) is 12.1 Å². The summed E-state index contributed by atoms with van der Waals surface area (Å²) in [5, 5.41) is 21.8. The van der Waals surface area contributed by atoms with Gasteiger partial charge in [0.1, 0.15) is 23.7 Å². The molecule has 33 heavy (non-hydrogen) atoms. The Morgan fingerprint density at radius 2 is 1.79 bits per heavy atom. The predicted molar refractivity (Wildman–Crippen MR) is 109 cm³/mol. The Kier molecular flexibility index (Phi) is 4.79. The van der Waals surface area contributed by atoms with Gasteiger partial charge in [0.2, 0.25) is 0 Å². The molecule has 2 aromatic carbocycles. The smallest absolute Gasteiger partial charge is 0.287 e. The standard InChI is InChI=1S/C23H22F4N4O2/c1-2-33-17-6-3-15(4-7-17)20-10-21(11-20,12-20)23(26,27)22(32,13-31-14-28-29-30-31)18-8-5-16(24)9-19(18)25/h3-9,14,32H,2,10-13H2,1H3/t20?,21?,22-/m0/s1. The molecule has 3 saturated carbocycles. The van der Waals surface area contributed by atoms with Crippen LogP contribution >= 0.6 is 0 Å². The molecule has 10 heteroatoms. The molecular weight excluding hydrogens is 440 g/mol. The van der Waals surface area contributed by atoms with E-state index in [1.165, 1.54) is 0 Å². The molecule has 0 aliphatic heterocycles. The van der Waals surface area contributed by atoms with E-state index >= 15 is 8.78 Å². The van der Waals surface area contributed by atoms with Gasteiger partial charge in [-0.05, 0) is 71.9 Å². The van der Waals surface area contributed by atoms with Crippen molar-refractivity contribution in [1.29, 1.82) is 0 Å². The lowest BCUT2D eigenvalue weighted by molar-refractivity contribution is -0.347. The lowest BCUT2D eigenvalue weighted by Gasteiger charge is -2.74. The second-order valence-corrected chi connectivity index (χ2v) is 9.11. The van der Waals surface area contributed by atoms with E-state index in [0.717, 1.165) is 28.7 Å². The summed E-state index contributed by atoms with van der Waals surface area (Å²) in [6, 6.07) is 9.56. The van der Waals surface area contributed by atoms with Crippen LogP contribution in [0.2, 0.25) is 0 Å². The van der Waals surface area contributed by atoms with Gasteiger partial charge in [-0.3, -0.25) is 0 Å². The SMILES string of the molecule is CCOc1ccc(C23CC(C(F)(F)[C@](O)(Cn4cnnn4)c4ccc(F)cc4F)(C2)C3)cc1. The van der Waals surface area contributed by atoms with Gasteiger partial charge in [-0.25, -0.2) is 22.2 Å². The number of alkyl halides is 2. The molecule has 3 fully saturated rings. The minimum Gasteiger partial charge on any atom is -0.494 e. The van der Waals surface area contributed by atoms with E-state index in [0.29, 0.717) is 18.4 Å². The first-order valence-corrected chi connectivity index (χ1v) is 10.6. The average Bonchev–Trinajstić information content (AvgIpc) is 3.20. The molecule has 6 nitrogen and oxygen atoms in total. The number of rotatable bonds is 8. The molecule has 2 bridgehead atoms. The van der Waals surface area contributed by atoms with Crippen LogP contribution in [0.15, 0.2) is 48.8 Å². The van der Waals surface area contributed by atoms with Gasteiger partial charge >= 0.3 is 0 Å². The Bertz CT molecular complexity index is 1150. The fourth-order valence-electron chi connectivity index (χ4n) is 5.60. The fraction of sp³-hybridized carbons (Fsp3) is 0.435. The van der Waals surface area contributed by atoms with Crippen LogP contribution in [0.25, 0.3) is 0 Å². The van der Waals surface area contributed by atoms with Crippen LogP contribution in [0, 0.1) is 17.0 Å². The normalized spacial score (nSPS) is 25.6. The summed E-state index contributed by atoms with van der Waals surface area (Å²) >= 11 is 0. The van der Waals surface area contributed by atoms with Crippen LogP contribution in [-0.2, 0) is 17.6 Å². The minimum atomic E-state index is -3.74. The molecule has 0 radical (unpaired) electrons. The molecular formula is C23H22F4N4O2. The topological polar surface area (TPSA) is 73.1 Å². The highest BCUT2D eigenvalue weighted by Crippen LogP contribution is 2.80. The van der Waals surface area contributed by atoms with E-state index in [4.69, 9.17) is 4.74 Å². The third-order valence-corrected chi connectivity index (χ3v) is 7.15. The molecule has 1 aromatic heterocycles. The second-order valence-electron chi connectivity index (χ2n) is 9.11. The number of hydrogen-bond donors (Lipinski definition) is 1. The molecule has 3 aromatic rings. The molecule has 0 amide bonds. The van der Waals surface area contributed by atoms with Crippen LogP contribution < -0.4 is 4.74 Å². The van der Waals surface area contributed by atoms with Gasteiger partial charge in [0, 0.05) is 17.0 Å². The Hall–Kier alpha value is -3.01. The van der Waals surface area contributed by atoms with Gasteiger partial charge in [0.15, 0.2) is 5.60 Å². The molecule has 174 valence electrons. The van der Waals surface area contributed by atoms with Crippen LogP contribution in [0.5, 0.6) is 5.75 Å². The molecule has 1 atom stereocenters. The molecule has 6 rings (SSSR count). The van der Waals surface area contributed by atoms with E-state index in [-0.39, 0.29) is 19.3 Å². The molecule has 3 aliphatic rings. The second kappa shape index (κ2) is 7.24. The van der Waals surface area contributed by atoms with Crippen molar-refractivity contribution < 1.29 is 27.4 Å². The summed E-state index contributed by atoms with van der Waals surface area (Å²) in [5.41, 5.74) is -4.67. The summed E-state index contributed by atoms with van der Waals surface area (Å²) < 4.78 is 66.8. The first-order valence-electron chi connectivity index (χ1n) is 10.6. The van der Waals surface area contributed by atoms with Gasteiger partial charge in [-0.15, -0.1) is 5.10 Å². The van der Waals surface area contributed by atoms with Crippen molar-refractivity contribution >= 4 is 0 Å². The zero-order valence-electron chi connectivity index (χ0n) is 17.8. The predicted octanol–water partition coefficient (Wildman–Crippen LogP) is 4.00. The molecule has 1 heterocycles. The molecule has 0 unspecified atom stereocenters. The monoisotopic (exact) mass is 462 g/mol. The molecule has 3 aliphatic carbocycles. The zero-order valence-corrected chi connectivity index (χ0v) is 17.8. The summed E-state index contributed by atoms with van der Waals surface area (Å²) in [6.45, 7) is 1.62. The Balaban J connectivity index is 1.46. The quantitative estimate of drug-likeness (QED) is 0.513. The van der Waals surface area contributed by atoms with Crippen molar-refractivity contribution in [2.24, 2.45) is 5.41 Å². The largest absolute Gasteiger partial charge is 0.494 e. The van der Waals surface area contributed by atoms with Crippen LogP contribution in [0.3, 0.4) is 0 Å². The van der Waals surface area contributed by atoms with Crippen molar-refractivity contribution in [2.75, 3.05) is 6.61 Å². The number of benzene rings is 2. The van der Waals surface area contributed by atoms with Crippen LogP contribution in [0.1, 0.15) is 37.3 Å². The lowest BCUT2D eigenvalue weighted by Crippen LogP contribution is -2.76. The third-order valence-electron chi connectivity index (χ3n) is 7.15. The maximum absolute atomic E-state index is 16.1. The van der Waals surface area contributed by atoms with Crippen molar-refractivity contribution in [3.63, 3.8) is 0 Å². The first-order chi connectivity index (χ1) is 15.6. The highest BCUT2D eigenvalue weighted by molar-refractivity contribution is 5.44. The molecule has 1 N–H and O–H groups in total. The van der Waals surface area contributed by atoms with Crippen molar-refractivity contribution in [3.8, 4) is 5.75 Å². The van der Waals surface area contributed by atoms with E-state index in [1.54, 1.807) is 0 Å². The number of hydrogen-bond acceptors (Lipinski definition) is 5. The minimum absolute atomic E-state index is 0.141. The summed E-state index contributed by atoms with van der Waals surface area (Å²) in [5.74, 6) is -5.21. The summed E-state index contributed by atoms with van der Waals surface area (Å²) in [4.78, 5) is 0. The lowest BCUT2D eigenvalue weighted by atomic mass is 9.30.